The molecule has 3 aromatic rings. The highest BCUT2D eigenvalue weighted by Crippen LogP contribution is 2.22. The average molecular weight is 322 g/mol. The molecule has 5 heteroatoms. The smallest absolute Gasteiger partial charge is 0.229 e. The Morgan fingerprint density at radius 2 is 1.58 bits per heavy atom. The molecule has 2 aromatic carbocycles. The molecule has 0 saturated heterocycles. The summed E-state index contributed by atoms with van der Waals surface area (Å²) in [5, 5.41) is 6.43. The Kier molecular flexibility index (Phi) is 4.42. The van der Waals surface area contributed by atoms with Crippen LogP contribution in [0.3, 0.4) is 0 Å². The summed E-state index contributed by atoms with van der Waals surface area (Å²) in [4.78, 5) is 8.87. The number of hydrogen-bond acceptors (Lipinski definition) is 4. The summed E-state index contributed by atoms with van der Waals surface area (Å²) in [6, 6.07) is 14.2. The van der Waals surface area contributed by atoms with E-state index < -0.39 is 0 Å². The van der Waals surface area contributed by atoms with Gasteiger partial charge in [-0.15, -0.1) is 0 Å². The molecule has 0 aliphatic heterocycles. The van der Waals surface area contributed by atoms with Gasteiger partial charge in [-0.25, -0.2) is 9.37 Å². The topological polar surface area (TPSA) is 49.8 Å². The molecule has 2 N–H and O–H groups in total. The molecular formula is C19H19FN4. The van der Waals surface area contributed by atoms with Crippen molar-refractivity contribution in [1.29, 1.82) is 0 Å². The average Bonchev–Trinajstić information content (AvgIpc) is 2.53. The zero-order valence-electron chi connectivity index (χ0n) is 13.9. The van der Waals surface area contributed by atoms with Crippen LogP contribution >= 0.6 is 0 Å². The van der Waals surface area contributed by atoms with Crippen LogP contribution in [0.1, 0.15) is 16.8 Å². The normalized spacial score (nSPS) is 10.5. The SMILES string of the molecule is Cc1ccc(C)c(Nc2cc(C)nc(Nc3ccc(F)cc3)n2)c1. The van der Waals surface area contributed by atoms with Crippen molar-refractivity contribution < 1.29 is 4.39 Å². The minimum absolute atomic E-state index is 0.275. The van der Waals surface area contributed by atoms with Crippen LogP contribution < -0.4 is 10.6 Å². The van der Waals surface area contributed by atoms with Gasteiger partial charge in [-0.1, -0.05) is 12.1 Å². The fourth-order valence-electron chi connectivity index (χ4n) is 2.36. The molecule has 0 spiro atoms. The molecule has 0 radical (unpaired) electrons. The van der Waals surface area contributed by atoms with Gasteiger partial charge in [-0.3, -0.25) is 0 Å². The summed E-state index contributed by atoms with van der Waals surface area (Å²) in [5.41, 5.74) is 4.91. The van der Waals surface area contributed by atoms with Gasteiger partial charge in [0.05, 0.1) is 0 Å². The third-order valence-electron chi connectivity index (χ3n) is 3.61. The lowest BCUT2D eigenvalue weighted by molar-refractivity contribution is 0.628. The summed E-state index contributed by atoms with van der Waals surface area (Å²) < 4.78 is 13.0. The number of nitrogens with one attached hydrogen (secondary N) is 2. The zero-order valence-corrected chi connectivity index (χ0v) is 13.9. The van der Waals surface area contributed by atoms with E-state index in [0.717, 1.165) is 22.6 Å². The largest absolute Gasteiger partial charge is 0.340 e. The summed E-state index contributed by atoms with van der Waals surface area (Å²) in [6.45, 7) is 6.01. The molecule has 0 amide bonds. The van der Waals surface area contributed by atoms with E-state index in [4.69, 9.17) is 0 Å². The predicted octanol–water partition coefficient (Wildman–Crippen LogP) is 5.03. The summed E-state index contributed by atoms with van der Waals surface area (Å²) in [5.74, 6) is 0.901. The first-order valence-electron chi connectivity index (χ1n) is 7.72. The quantitative estimate of drug-likeness (QED) is 0.707. The second kappa shape index (κ2) is 6.66. The molecule has 0 aliphatic carbocycles. The lowest BCUT2D eigenvalue weighted by atomic mass is 10.1. The molecule has 3 rings (SSSR count). The van der Waals surface area contributed by atoms with Gasteiger partial charge in [0.25, 0.3) is 0 Å². The third-order valence-corrected chi connectivity index (χ3v) is 3.61. The molecular weight excluding hydrogens is 303 g/mol. The van der Waals surface area contributed by atoms with E-state index in [-0.39, 0.29) is 5.82 Å². The minimum Gasteiger partial charge on any atom is -0.340 e. The predicted molar refractivity (Wildman–Crippen MR) is 95.7 cm³/mol. The van der Waals surface area contributed by atoms with Crippen molar-refractivity contribution >= 4 is 23.1 Å². The van der Waals surface area contributed by atoms with Gasteiger partial charge >= 0.3 is 0 Å². The van der Waals surface area contributed by atoms with Gasteiger partial charge in [0.1, 0.15) is 11.6 Å². The van der Waals surface area contributed by atoms with Gasteiger partial charge in [0.15, 0.2) is 0 Å². The number of benzene rings is 2. The number of aryl methyl sites for hydroxylation is 3. The first-order valence-corrected chi connectivity index (χ1v) is 7.72. The van der Waals surface area contributed by atoms with Gasteiger partial charge < -0.3 is 10.6 Å². The molecule has 24 heavy (non-hydrogen) atoms. The Balaban J connectivity index is 1.85. The fraction of sp³-hybridized carbons (Fsp3) is 0.158. The highest BCUT2D eigenvalue weighted by Gasteiger charge is 2.05. The van der Waals surface area contributed by atoms with Crippen molar-refractivity contribution in [2.75, 3.05) is 10.6 Å². The maximum Gasteiger partial charge on any atom is 0.229 e. The van der Waals surface area contributed by atoms with E-state index in [0.29, 0.717) is 11.8 Å². The van der Waals surface area contributed by atoms with Crippen molar-refractivity contribution in [3.63, 3.8) is 0 Å². The van der Waals surface area contributed by atoms with Crippen LogP contribution in [0.4, 0.5) is 27.5 Å². The van der Waals surface area contributed by atoms with Gasteiger partial charge in [0.2, 0.25) is 5.95 Å². The maximum atomic E-state index is 13.0. The molecule has 0 bridgehead atoms. The number of anilines is 4. The standard InChI is InChI=1S/C19H19FN4/c1-12-4-5-13(2)17(10-12)23-18-11-14(3)21-19(24-18)22-16-8-6-15(20)7-9-16/h4-11H,1-3H3,(H2,21,22,23,24). The van der Waals surface area contributed by atoms with Crippen LogP contribution in [-0.4, -0.2) is 9.97 Å². The first-order chi connectivity index (χ1) is 11.5. The molecule has 0 fully saturated rings. The highest BCUT2D eigenvalue weighted by molar-refractivity contribution is 5.63. The number of hydrogen-bond donors (Lipinski definition) is 2. The van der Waals surface area contributed by atoms with Crippen LogP contribution in [0, 0.1) is 26.6 Å². The van der Waals surface area contributed by atoms with Gasteiger partial charge in [0, 0.05) is 23.1 Å². The Bertz CT molecular complexity index is 860. The van der Waals surface area contributed by atoms with E-state index in [1.54, 1.807) is 12.1 Å². The second-order valence-electron chi connectivity index (χ2n) is 5.79. The number of nitrogens with zero attached hydrogens (tertiary/aromatic N) is 2. The molecule has 0 aliphatic rings. The lowest BCUT2D eigenvalue weighted by Crippen LogP contribution is -2.03. The summed E-state index contributed by atoms with van der Waals surface area (Å²) >= 11 is 0. The molecule has 0 atom stereocenters. The van der Waals surface area contributed by atoms with Crippen LogP contribution in [0.25, 0.3) is 0 Å². The summed E-state index contributed by atoms with van der Waals surface area (Å²) in [6.07, 6.45) is 0. The van der Waals surface area contributed by atoms with Crippen molar-refractivity contribution in [3.8, 4) is 0 Å². The van der Waals surface area contributed by atoms with Crippen LogP contribution in [0.2, 0.25) is 0 Å². The zero-order chi connectivity index (χ0) is 17.1. The molecule has 1 heterocycles. The van der Waals surface area contributed by atoms with Crippen molar-refractivity contribution in [2.45, 2.75) is 20.8 Å². The number of rotatable bonds is 4. The monoisotopic (exact) mass is 322 g/mol. The summed E-state index contributed by atoms with van der Waals surface area (Å²) in [7, 11) is 0. The molecule has 0 unspecified atom stereocenters. The van der Waals surface area contributed by atoms with E-state index >= 15 is 0 Å². The minimum atomic E-state index is -0.275. The number of halogens is 1. The van der Waals surface area contributed by atoms with E-state index in [1.165, 1.54) is 17.7 Å². The van der Waals surface area contributed by atoms with Crippen molar-refractivity contribution in [3.05, 3.63) is 71.2 Å². The highest BCUT2D eigenvalue weighted by atomic mass is 19.1. The van der Waals surface area contributed by atoms with Crippen LogP contribution in [0.5, 0.6) is 0 Å². The number of aromatic nitrogens is 2. The molecule has 4 nitrogen and oxygen atoms in total. The molecule has 122 valence electrons. The maximum absolute atomic E-state index is 13.0. The third kappa shape index (κ3) is 3.87. The van der Waals surface area contributed by atoms with E-state index in [9.17, 15) is 4.39 Å². The second-order valence-corrected chi connectivity index (χ2v) is 5.79. The molecule has 1 aromatic heterocycles. The first kappa shape index (κ1) is 15.9. The Labute approximate surface area is 140 Å². The fourth-order valence-corrected chi connectivity index (χ4v) is 2.36. The molecule has 0 saturated carbocycles. The Hall–Kier alpha value is -2.95. The van der Waals surface area contributed by atoms with Gasteiger partial charge in [-0.05, 0) is 62.2 Å². The van der Waals surface area contributed by atoms with E-state index in [1.807, 2.05) is 19.9 Å². The Morgan fingerprint density at radius 3 is 2.33 bits per heavy atom. The Morgan fingerprint density at radius 1 is 0.833 bits per heavy atom. The van der Waals surface area contributed by atoms with Crippen LogP contribution in [-0.2, 0) is 0 Å². The van der Waals surface area contributed by atoms with Gasteiger partial charge in [-0.2, -0.15) is 4.98 Å². The lowest BCUT2D eigenvalue weighted by Gasteiger charge is -2.12. The van der Waals surface area contributed by atoms with Crippen LogP contribution in [0.15, 0.2) is 48.5 Å². The van der Waals surface area contributed by atoms with E-state index in [2.05, 4.69) is 45.7 Å². The van der Waals surface area contributed by atoms with Crippen molar-refractivity contribution in [2.24, 2.45) is 0 Å². The van der Waals surface area contributed by atoms with Crippen molar-refractivity contribution in [1.82, 2.24) is 9.97 Å².